The molecule has 0 fully saturated rings. The number of carbonyl (C=O) groups excluding carboxylic acids is 2. The monoisotopic (exact) mass is 496 g/mol. The third-order valence-corrected chi connectivity index (χ3v) is 5.22. The molecule has 6 heteroatoms. The fourth-order valence-corrected chi connectivity index (χ4v) is 3.47. The first kappa shape index (κ1) is 23.5. The van der Waals surface area contributed by atoms with E-state index >= 15 is 0 Å². The van der Waals surface area contributed by atoms with Gasteiger partial charge in [-0.15, -0.1) is 0 Å². The van der Waals surface area contributed by atoms with Crippen LogP contribution in [0.2, 0.25) is 0 Å². The molecule has 3 aromatic rings. The van der Waals surface area contributed by atoms with Crippen LogP contribution in [-0.2, 0) is 11.2 Å². The zero-order chi connectivity index (χ0) is 22.8. The zero-order valence-corrected chi connectivity index (χ0v) is 19.5. The van der Waals surface area contributed by atoms with Crippen LogP contribution in [0.25, 0.3) is 0 Å². The van der Waals surface area contributed by atoms with Crippen LogP contribution in [-0.4, -0.2) is 25.2 Å². The Labute approximate surface area is 196 Å². The standard InChI is InChI=1S/C26H25BrO5/c1-2-15-30-24-14-13-21(18-23(24)27)26(29)32-22-12-6-11-20(17-22)25(28)31-16-7-10-19-8-4-3-5-9-19/h3-6,8-9,11-14,17-18H,2,7,10,15-16H2,1H3. The lowest BCUT2D eigenvalue weighted by molar-refractivity contribution is 0.0498. The van der Waals surface area contributed by atoms with Crippen LogP contribution in [0.15, 0.2) is 77.3 Å². The molecule has 0 saturated carbocycles. The number of hydrogen-bond donors (Lipinski definition) is 0. The highest BCUT2D eigenvalue weighted by Crippen LogP contribution is 2.27. The lowest BCUT2D eigenvalue weighted by atomic mass is 10.1. The Kier molecular flexibility index (Phi) is 8.87. The van der Waals surface area contributed by atoms with Crippen LogP contribution in [0, 0.1) is 0 Å². The Bertz CT molecular complexity index is 1050. The van der Waals surface area contributed by atoms with E-state index < -0.39 is 11.9 Å². The van der Waals surface area contributed by atoms with Crippen LogP contribution in [0.5, 0.6) is 11.5 Å². The van der Waals surface area contributed by atoms with Crippen molar-refractivity contribution in [3.8, 4) is 11.5 Å². The second-order valence-corrected chi connectivity index (χ2v) is 7.99. The molecule has 166 valence electrons. The lowest BCUT2D eigenvalue weighted by Gasteiger charge is -2.10. The first-order valence-corrected chi connectivity index (χ1v) is 11.3. The van der Waals surface area contributed by atoms with Crippen molar-refractivity contribution in [1.29, 1.82) is 0 Å². The van der Waals surface area contributed by atoms with E-state index in [1.165, 1.54) is 11.6 Å². The number of benzene rings is 3. The highest BCUT2D eigenvalue weighted by molar-refractivity contribution is 9.10. The van der Waals surface area contributed by atoms with Gasteiger partial charge in [0.1, 0.15) is 11.5 Å². The largest absolute Gasteiger partial charge is 0.492 e. The predicted octanol–water partition coefficient (Wildman–Crippen LogP) is 6.25. The minimum atomic E-state index is -0.527. The Morgan fingerprint density at radius 3 is 2.38 bits per heavy atom. The minimum Gasteiger partial charge on any atom is -0.492 e. The van der Waals surface area contributed by atoms with Gasteiger partial charge in [-0.25, -0.2) is 9.59 Å². The lowest BCUT2D eigenvalue weighted by Crippen LogP contribution is -2.10. The maximum atomic E-state index is 12.5. The third-order valence-electron chi connectivity index (χ3n) is 4.60. The van der Waals surface area contributed by atoms with Gasteiger partial charge in [0.15, 0.2) is 0 Å². The Morgan fingerprint density at radius 1 is 0.844 bits per heavy atom. The van der Waals surface area contributed by atoms with E-state index in [1.807, 2.05) is 37.3 Å². The van der Waals surface area contributed by atoms with Crippen molar-refractivity contribution in [3.05, 3.63) is 94.0 Å². The molecule has 32 heavy (non-hydrogen) atoms. The normalized spacial score (nSPS) is 10.4. The molecule has 0 atom stereocenters. The summed E-state index contributed by atoms with van der Waals surface area (Å²) in [6, 6.07) is 21.5. The molecule has 0 radical (unpaired) electrons. The number of aryl methyl sites for hydroxylation is 1. The predicted molar refractivity (Wildman–Crippen MR) is 126 cm³/mol. The number of esters is 2. The molecule has 0 aliphatic carbocycles. The molecule has 0 spiro atoms. The number of carbonyl (C=O) groups is 2. The summed E-state index contributed by atoms with van der Waals surface area (Å²) in [6.45, 7) is 2.93. The second kappa shape index (κ2) is 12.1. The molecule has 5 nitrogen and oxygen atoms in total. The van der Waals surface area contributed by atoms with E-state index in [0.717, 1.165) is 19.3 Å². The van der Waals surface area contributed by atoms with Crippen molar-refractivity contribution >= 4 is 27.9 Å². The highest BCUT2D eigenvalue weighted by atomic mass is 79.9. The van der Waals surface area contributed by atoms with E-state index in [-0.39, 0.29) is 5.75 Å². The molecule has 3 rings (SSSR count). The molecule has 0 aromatic heterocycles. The molecule has 0 N–H and O–H groups in total. The van der Waals surface area contributed by atoms with Gasteiger partial charge in [-0.3, -0.25) is 0 Å². The van der Waals surface area contributed by atoms with Crippen molar-refractivity contribution in [1.82, 2.24) is 0 Å². The quantitative estimate of drug-likeness (QED) is 0.188. The highest BCUT2D eigenvalue weighted by Gasteiger charge is 2.14. The van der Waals surface area contributed by atoms with Crippen molar-refractivity contribution in [2.45, 2.75) is 26.2 Å². The van der Waals surface area contributed by atoms with Gasteiger partial charge >= 0.3 is 11.9 Å². The molecule has 0 heterocycles. The van der Waals surface area contributed by atoms with Gasteiger partial charge in [-0.1, -0.05) is 43.3 Å². The maximum Gasteiger partial charge on any atom is 0.343 e. The summed E-state index contributed by atoms with van der Waals surface area (Å²) >= 11 is 3.41. The molecule has 0 saturated heterocycles. The number of halogens is 1. The molecule has 0 aliphatic heterocycles. The maximum absolute atomic E-state index is 12.5. The van der Waals surface area contributed by atoms with Crippen molar-refractivity contribution in [3.63, 3.8) is 0 Å². The average Bonchev–Trinajstić information content (AvgIpc) is 2.81. The smallest absolute Gasteiger partial charge is 0.343 e. The first-order chi connectivity index (χ1) is 15.6. The fraction of sp³-hybridized carbons (Fsp3) is 0.231. The second-order valence-electron chi connectivity index (χ2n) is 7.14. The minimum absolute atomic E-state index is 0.274. The summed E-state index contributed by atoms with van der Waals surface area (Å²) in [5, 5.41) is 0. The summed E-state index contributed by atoms with van der Waals surface area (Å²) in [5.74, 6) is -0.0335. The number of ether oxygens (including phenoxy) is 3. The summed E-state index contributed by atoms with van der Waals surface area (Å²) in [6.07, 6.45) is 2.46. The van der Waals surface area contributed by atoms with Crippen LogP contribution in [0.4, 0.5) is 0 Å². The van der Waals surface area contributed by atoms with Crippen LogP contribution < -0.4 is 9.47 Å². The van der Waals surface area contributed by atoms with Crippen LogP contribution in [0.1, 0.15) is 46.0 Å². The van der Waals surface area contributed by atoms with Gasteiger partial charge < -0.3 is 14.2 Å². The van der Waals surface area contributed by atoms with Gasteiger partial charge in [0, 0.05) is 0 Å². The van der Waals surface area contributed by atoms with Gasteiger partial charge in [-0.2, -0.15) is 0 Å². The molecular weight excluding hydrogens is 472 g/mol. The van der Waals surface area contributed by atoms with E-state index in [9.17, 15) is 9.59 Å². The van der Waals surface area contributed by atoms with Gasteiger partial charge in [-0.05, 0) is 77.2 Å². The van der Waals surface area contributed by atoms with Crippen molar-refractivity contribution in [2.75, 3.05) is 13.2 Å². The zero-order valence-electron chi connectivity index (χ0n) is 17.9. The van der Waals surface area contributed by atoms with Gasteiger partial charge in [0.2, 0.25) is 0 Å². The number of rotatable bonds is 10. The fourth-order valence-electron chi connectivity index (χ4n) is 2.98. The Balaban J connectivity index is 1.54. The Hall–Kier alpha value is -3.12. The summed E-state index contributed by atoms with van der Waals surface area (Å²) in [7, 11) is 0. The van der Waals surface area contributed by atoms with Gasteiger partial charge in [0.05, 0.1) is 28.8 Å². The summed E-state index contributed by atoms with van der Waals surface area (Å²) in [5.41, 5.74) is 1.91. The van der Waals surface area contributed by atoms with Crippen molar-refractivity contribution in [2.24, 2.45) is 0 Å². The first-order valence-electron chi connectivity index (χ1n) is 10.5. The molecular formula is C26H25BrO5. The van der Waals surface area contributed by atoms with E-state index in [2.05, 4.69) is 15.9 Å². The molecule has 0 bridgehead atoms. The SMILES string of the molecule is CCCOc1ccc(C(=O)Oc2cccc(C(=O)OCCCc3ccccc3)c2)cc1Br. The van der Waals surface area contributed by atoms with Gasteiger partial charge in [0.25, 0.3) is 0 Å². The third kappa shape index (κ3) is 6.95. The topological polar surface area (TPSA) is 61.8 Å². The van der Waals surface area contributed by atoms with E-state index in [0.29, 0.717) is 34.6 Å². The summed E-state index contributed by atoms with van der Waals surface area (Å²) in [4.78, 5) is 24.9. The van der Waals surface area contributed by atoms with E-state index in [1.54, 1.807) is 36.4 Å². The van der Waals surface area contributed by atoms with Crippen LogP contribution in [0.3, 0.4) is 0 Å². The van der Waals surface area contributed by atoms with Crippen molar-refractivity contribution < 1.29 is 23.8 Å². The number of hydrogen-bond acceptors (Lipinski definition) is 5. The average molecular weight is 497 g/mol. The van der Waals surface area contributed by atoms with E-state index in [4.69, 9.17) is 14.2 Å². The molecule has 3 aromatic carbocycles. The summed E-state index contributed by atoms with van der Waals surface area (Å²) < 4.78 is 17.1. The molecule has 0 amide bonds. The van der Waals surface area contributed by atoms with Crippen LogP contribution >= 0.6 is 15.9 Å². The molecule has 0 unspecified atom stereocenters. The molecule has 0 aliphatic rings. The Morgan fingerprint density at radius 2 is 1.62 bits per heavy atom.